The highest BCUT2D eigenvalue weighted by Crippen LogP contribution is 1.95. The molecule has 0 aliphatic rings. The zero-order valence-electron chi connectivity index (χ0n) is 4.89. The Labute approximate surface area is 54.0 Å². The van der Waals surface area contributed by atoms with Gasteiger partial charge in [-0.15, -0.1) is 12.3 Å². The van der Waals surface area contributed by atoms with Crippen molar-refractivity contribution in [3.8, 4) is 12.3 Å². The van der Waals surface area contributed by atoms with Crippen LogP contribution in [-0.2, 0) is 15.9 Å². The molecule has 0 aromatic rings. The van der Waals surface area contributed by atoms with Gasteiger partial charge in [-0.25, -0.2) is 0 Å². The fourth-order valence-electron chi connectivity index (χ4n) is 0.335. The highest BCUT2D eigenvalue weighted by molar-refractivity contribution is 7.66. The summed E-state index contributed by atoms with van der Waals surface area (Å²) < 4.78 is 9.98. The Morgan fingerprint density at radius 3 is 2.88 bits per heavy atom. The molecule has 0 aliphatic carbocycles. The van der Waals surface area contributed by atoms with Crippen molar-refractivity contribution in [3.05, 3.63) is 0 Å². The average Bonchev–Trinajstić information content (AvgIpc) is 1.83. The van der Waals surface area contributed by atoms with Crippen LogP contribution in [0.15, 0.2) is 0 Å². The standard InChI is InChI=1S/C6H9OS/c1-3-4-5-6(2)8-7/h1,6H,4-5H2,2H3/q+1. The predicted molar refractivity (Wildman–Crippen MR) is 35.6 cm³/mol. The molecule has 1 unspecified atom stereocenters. The van der Waals surface area contributed by atoms with Gasteiger partial charge in [0.25, 0.3) is 0 Å². The maximum atomic E-state index is 9.98. The summed E-state index contributed by atoms with van der Waals surface area (Å²) in [7, 11) is 0. The Kier molecular flexibility index (Phi) is 4.48. The van der Waals surface area contributed by atoms with E-state index in [9.17, 15) is 4.21 Å². The van der Waals surface area contributed by atoms with Gasteiger partial charge in [0.2, 0.25) is 5.25 Å². The molecule has 0 saturated carbocycles. The van der Waals surface area contributed by atoms with Crippen LogP contribution in [0.3, 0.4) is 0 Å². The monoisotopic (exact) mass is 129 g/mol. The number of terminal acetylenes is 1. The summed E-state index contributed by atoms with van der Waals surface area (Å²) in [5, 5.41) is 0.172. The first-order valence-electron chi connectivity index (χ1n) is 2.53. The van der Waals surface area contributed by atoms with Crippen LogP contribution in [0, 0.1) is 12.3 Å². The van der Waals surface area contributed by atoms with E-state index in [4.69, 9.17) is 6.42 Å². The van der Waals surface area contributed by atoms with Crippen molar-refractivity contribution >= 4 is 11.7 Å². The summed E-state index contributed by atoms with van der Waals surface area (Å²) in [6.45, 7) is 1.88. The SMILES string of the molecule is C#CCCC(C)[S+]=O. The van der Waals surface area contributed by atoms with E-state index in [-0.39, 0.29) is 5.25 Å². The van der Waals surface area contributed by atoms with E-state index in [1.807, 2.05) is 6.92 Å². The minimum atomic E-state index is 0.172. The molecular weight excluding hydrogens is 120 g/mol. The molecule has 0 bridgehead atoms. The Morgan fingerprint density at radius 2 is 2.50 bits per heavy atom. The van der Waals surface area contributed by atoms with Crippen LogP contribution in [0.5, 0.6) is 0 Å². The molecule has 0 aromatic carbocycles. The molecular formula is C6H9OS+. The summed E-state index contributed by atoms with van der Waals surface area (Å²) in [6, 6.07) is 0. The number of hydrogen-bond acceptors (Lipinski definition) is 1. The van der Waals surface area contributed by atoms with Crippen molar-refractivity contribution in [3.63, 3.8) is 0 Å². The van der Waals surface area contributed by atoms with Crippen LogP contribution in [-0.4, -0.2) is 5.25 Å². The Hall–Kier alpha value is -0.420. The fraction of sp³-hybridized carbons (Fsp3) is 0.667. The molecule has 2 heteroatoms. The zero-order chi connectivity index (χ0) is 6.41. The third kappa shape index (κ3) is 3.76. The van der Waals surface area contributed by atoms with Crippen LogP contribution in [0.4, 0.5) is 0 Å². The number of rotatable bonds is 3. The van der Waals surface area contributed by atoms with E-state index < -0.39 is 0 Å². The van der Waals surface area contributed by atoms with Gasteiger partial charge in [-0.2, -0.15) is 0 Å². The second kappa shape index (κ2) is 4.73. The third-order valence-corrected chi connectivity index (χ3v) is 1.42. The summed E-state index contributed by atoms with van der Waals surface area (Å²) >= 11 is 0.619. The van der Waals surface area contributed by atoms with Crippen molar-refractivity contribution < 1.29 is 4.21 Å². The molecule has 0 fully saturated rings. The van der Waals surface area contributed by atoms with E-state index in [2.05, 4.69) is 5.92 Å². The van der Waals surface area contributed by atoms with Crippen molar-refractivity contribution in [2.75, 3.05) is 0 Å². The van der Waals surface area contributed by atoms with Gasteiger partial charge in [0.1, 0.15) is 0 Å². The highest BCUT2D eigenvalue weighted by atomic mass is 32.1. The lowest BCUT2D eigenvalue weighted by Gasteiger charge is -1.82. The largest absolute Gasteiger partial charge is 0.461 e. The zero-order valence-corrected chi connectivity index (χ0v) is 5.70. The van der Waals surface area contributed by atoms with Gasteiger partial charge in [0, 0.05) is 17.1 Å². The molecule has 0 saturated heterocycles. The molecule has 1 nitrogen and oxygen atoms in total. The number of hydrogen-bond donors (Lipinski definition) is 0. The van der Waals surface area contributed by atoms with Crippen LogP contribution >= 0.6 is 0 Å². The van der Waals surface area contributed by atoms with E-state index >= 15 is 0 Å². The predicted octanol–water partition coefficient (Wildman–Crippen LogP) is 1.22. The van der Waals surface area contributed by atoms with Crippen LogP contribution in [0.1, 0.15) is 19.8 Å². The van der Waals surface area contributed by atoms with Crippen molar-refractivity contribution in [1.82, 2.24) is 0 Å². The lowest BCUT2D eigenvalue weighted by Crippen LogP contribution is -1.96. The van der Waals surface area contributed by atoms with Crippen LogP contribution < -0.4 is 0 Å². The van der Waals surface area contributed by atoms with Gasteiger partial charge in [-0.3, -0.25) is 0 Å². The lowest BCUT2D eigenvalue weighted by molar-refractivity contribution is 0.597. The topological polar surface area (TPSA) is 17.1 Å². The molecule has 1 atom stereocenters. The molecule has 0 amide bonds. The maximum absolute atomic E-state index is 9.98. The van der Waals surface area contributed by atoms with E-state index in [0.29, 0.717) is 11.7 Å². The van der Waals surface area contributed by atoms with E-state index in [1.165, 1.54) is 0 Å². The smallest absolute Gasteiger partial charge is 0.120 e. The quantitative estimate of drug-likeness (QED) is 0.413. The summed E-state index contributed by atoms with van der Waals surface area (Å²) in [5.74, 6) is 2.48. The summed E-state index contributed by atoms with van der Waals surface area (Å²) in [5.41, 5.74) is 0. The van der Waals surface area contributed by atoms with Crippen molar-refractivity contribution in [2.24, 2.45) is 0 Å². The molecule has 0 radical (unpaired) electrons. The van der Waals surface area contributed by atoms with Crippen molar-refractivity contribution in [1.29, 1.82) is 0 Å². The van der Waals surface area contributed by atoms with Gasteiger partial charge in [0.05, 0.1) is 0 Å². The minimum Gasteiger partial charge on any atom is -0.120 e. The Bertz CT molecular complexity index is 104. The van der Waals surface area contributed by atoms with Crippen molar-refractivity contribution in [2.45, 2.75) is 25.0 Å². The maximum Gasteiger partial charge on any atom is 0.461 e. The van der Waals surface area contributed by atoms with Gasteiger partial charge in [-0.1, -0.05) is 0 Å². The summed E-state index contributed by atoms with van der Waals surface area (Å²) in [4.78, 5) is 0. The first-order valence-corrected chi connectivity index (χ1v) is 3.33. The summed E-state index contributed by atoms with van der Waals surface area (Å²) in [6.07, 6.45) is 6.53. The second-order valence-electron chi connectivity index (χ2n) is 1.65. The highest BCUT2D eigenvalue weighted by Gasteiger charge is 2.11. The molecule has 0 heterocycles. The molecule has 0 aromatic heterocycles. The Balaban J connectivity index is 3.13. The molecule has 0 N–H and O–H groups in total. The normalized spacial score (nSPS) is 12.0. The van der Waals surface area contributed by atoms with Crippen LogP contribution in [0.2, 0.25) is 0 Å². The molecule has 0 spiro atoms. The van der Waals surface area contributed by atoms with Gasteiger partial charge >= 0.3 is 11.7 Å². The van der Waals surface area contributed by atoms with E-state index in [0.717, 1.165) is 12.8 Å². The molecule has 0 aliphatic heterocycles. The van der Waals surface area contributed by atoms with Gasteiger partial charge in [0.15, 0.2) is 0 Å². The fourth-order valence-corrected chi connectivity index (χ4v) is 0.549. The average molecular weight is 129 g/mol. The van der Waals surface area contributed by atoms with Gasteiger partial charge in [-0.05, 0) is 6.92 Å². The van der Waals surface area contributed by atoms with E-state index in [1.54, 1.807) is 0 Å². The second-order valence-corrected chi connectivity index (χ2v) is 2.65. The molecule has 44 valence electrons. The first kappa shape index (κ1) is 7.58. The Morgan fingerprint density at radius 1 is 1.88 bits per heavy atom. The lowest BCUT2D eigenvalue weighted by atomic mass is 10.3. The minimum absolute atomic E-state index is 0.172. The van der Waals surface area contributed by atoms with Crippen LogP contribution in [0.25, 0.3) is 0 Å². The van der Waals surface area contributed by atoms with Gasteiger partial charge < -0.3 is 0 Å². The third-order valence-electron chi connectivity index (χ3n) is 0.859. The molecule has 8 heavy (non-hydrogen) atoms. The molecule has 0 rings (SSSR count). The first-order chi connectivity index (χ1) is 3.81.